The molecule has 0 saturated carbocycles. The highest BCUT2D eigenvalue weighted by Crippen LogP contribution is 2.09. The highest BCUT2D eigenvalue weighted by molar-refractivity contribution is 7.88. The van der Waals surface area contributed by atoms with Crippen molar-refractivity contribution in [3.05, 3.63) is 41.5 Å². The average Bonchev–Trinajstić information content (AvgIpc) is 2.55. The molecule has 0 aliphatic rings. The van der Waals surface area contributed by atoms with Crippen LogP contribution in [0.25, 0.3) is 6.08 Å². The van der Waals surface area contributed by atoms with Gasteiger partial charge in [0.05, 0.1) is 12.9 Å². The van der Waals surface area contributed by atoms with Crippen molar-refractivity contribution in [2.24, 2.45) is 0 Å². The minimum absolute atomic E-state index is 0.0287. The van der Waals surface area contributed by atoms with E-state index in [0.717, 1.165) is 24.0 Å². The Bertz CT molecular complexity index is 670. The first-order valence-corrected chi connectivity index (χ1v) is 10.2. The molecule has 1 rings (SSSR count). The van der Waals surface area contributed by atoms with Crippen LogP contribution in [-0.4, -0.2) is 48.3 Å². The van der Waals surface area contributed by atoms with Gasteiger partial charge in [-0.1, -0.05) is 43.2 Å². The Kier molecular flexibility index (Phi) is 9.41. The van der Waals surface area contributed by atoms with E-state index in [0.29, 0.717) is 19.4 Å². The Morgan fingerprint density at radius 1 is 1.20 bits per heavy atom. The van der Waals surface area contributed by atoms with Crippen molar-refractivity contribution >= 4 is 22.1 Å². The zero-order valence-electron chi connectivity index (χ0n) is 14.6. The third-order valence-electron chi connectivity index (χ3n) is 3.77. The molecule has 0 unspecified atom stereocenters. The molecule has 0 aliphatic heterocycles. The van der Waals surface area contributed by atoms with Crippen molar-refractivity contribution in [2.45, 2.75) is 38.7 Å². The van der Waals surface area contributed by atoms with E-state index in [9.17, 15) is 13.2 Å². The van der Waals surface area contributed by atoms with Crippen molar-refractivity contribution in [1.82, 2.24) is 4.31 Å². The first-order valence-electron chi connectivity index (χ1n) is 8.36. The number of hydrogen-bond acceptors (Lipinski definition) is 4. The molecule has 0 fully saturated rings. The van der Waals surface area contributed by atoms with Gasteiger partial charge in [-0.05, 0) is 30.0 Å². The van der Waals surface area contributed by atoms with Gasteiger partial charge in [0.25, 0.3) is 0 Å². The van der Waals surface area contributed by atoms with E-state index in [2.05, 4.69) is 0 Å². The van der Waals surface area contributed by atoms with Gasteiger partial charge in [-0.2, -0.15) is 4.31 Å². The van der Waals surface area contributed by atoms with E-state index < -0.39 is 16.0 Å². The molecule has 1 aromatic rings. The van der Waals surface area contributed by atoms with Crippen LogP contribution < -0.4 is 0 Å². The third-order valence-corrected chi connectivity index (χ3v) is 5.04. The van der Waals surface area contributed by atoms with Crippen molar-refractivity contribution < 1.29 is 23.4 Å². The summed E-state index contributed by atoms with van der Waals surface area (Å²) in [6.45, 7) is 0.684. The Labute approximate surface area is 149 Å². The number of carboxylic acids is 1. The maximum Gasteiger partial charge on any atom is 0.303 e. The summed E-state index contributed by atoms with van der Waals surface area (Å²) in [6, 6.07) is 7.41. The lowest BCUT2D eigenvalue weighted by molar-refractivity contribution is -0.137. The van der Waals surface area contributed by atoms with Gasteiger partial charge < -0.3 is 10.2 Å². The van der Waals surface area contributed by atoms with Crippen LogP contribution >= 0.6 is 0 Å². The van der Waals surface area contributed by atoms with Gasteiger partial charge in [-0.15, -0.1) is 0 Å². The van der Waals surface area contributed by atoms with Crippen LogP contribution in [0.2, 0.25) is 0 Å². The minimum atomic E-state index is -3.29. The fourth-order valence-electron chi connectivity index (χ4n) is 2.41. The van der Waals surface area contributed by atoms with Gasteiger partial charge in [0.2, 0.25) is 10.0 Å². The predicted octanol–water partition coefficient (Wildman–Crippen LogP) is 2.49. The monoisotopic (exact) mass is 369 g/mol. The van der Waals surface area contributed by atoms with Crippen molar-refractivity contribution in [3.63, 3.8) is 0 Å². The number of hydrogen-bond donors (Lipinski definition) is 2. The zero-order chi connectivity index (χ0) is 18.7. The summed E-state index contributed by atoms with van der Waals surface area (Å²) < 4.78 is 25.1. The summed E-state index contributed by atoms with van der Waals surface area (Å²) in [5, 5.41) is 17.7. The molecular weight excluding hydrogens is 342 g/mol. The van der Waals surface area contributed by atoms with Gasteiger partial charge in [0.1, 0.15) is 0 Å². The number of sulfonamides is 1. The zero-order valence-corrected chi connectivity index (χ0v) is 15.4. The number of benzene rings is 1. The summed E-state index contributed by atoms with van der Waals surface area (Å²) >= 11 is 0. The van der Waals surface area contributed by atoms with Crippen molar-refractivity contribution in [2.75, 3.05) is 19.3 Å². The number of aliphatic hydroxyl groups excluding tert-OH is 1. The molecule has 0 heterocycles. The van der Waals surface area contributed by atoms with E-state index >= 15 is 0 Å². The molecule has 0 bridgehead atoms. The van der Waals surface area contributed by atoms with Crippen LogP contribution in [0.15, 0.2) is 30.3 Å². The second kappa shape index (κ2) is 11.0. The molecule has 0 aliphatic carbocycles. The minimum Gasteiger partial charge on any atom is -0.481 e. The van der Waals surface area contributed by atoms with Crippen LogP contribution in [0.3, 0.4) is 0 Å². The average molecular weight is 369 g/mol. The smallest absolute Gasteiger partial charge is 0.303 e. The van der Waals surface area contributed by atoms with Gasteiger partial charge in [0.15, 0.2) is 0 Å². The maximum atomic E-state index is 11.9. The second-order valence-electron chi connectivity index (χ2n) is 5.98. The summed E-state index contributed by atoms with van der Waals surface area (Å²) in [5.41, 5.74) is 1.72. The lowest BCUT2D eigenvalue weighted by Crippen LogP contribution is -2.31. The van der Waals surface area contributed by atoms with Gasteiger partial charge in [-0.3, -0.25) is 4.79 Å². The van der Waals surface area contributed by atoms with Crippen LogP contribution in [0.1, 0.15) is 43.2 Å². The molecule has 0 amide bonds. The second-order valence-corrected chi connectivity index (χ2v) is 7.97. The quantitative estimate of drug-likeness (QED) is 0.552. The molecule has 140 valence electrons. The highest BCUT2D eigenvalue weighted by atomic mass is 32.2. The summed E-state index contributed by atoms with van der Waals surface area (Å²) in [4.78, 5) is 10.4. The SMILES string of the molecule is CS(=O)(=O)N(CC=Cc1cccc(CO)c1)CCCCCCC(=O)O. The molecule has 0 saturated heterocycles. The summed E-state index contributed by atoms with van der Waals surface area (Å²) in [6.07, 6.45) is 7.90. The Morgan fingerprint density at radius 3 is 2.56 bits per heavy atom. The maximum absolute atomic E-state index is 11.9. The number of aliphatic hydroxyl groups is 1. The number of rotatable bonds is 12. The van der Waals surface area contributed by atoms with E-state index in [4.69, 9.17) is 10.2 Å². The fraction of sp³-hybridized carbons (Fsp3) is 0.500. The normalized spacial score (nSPS) is 12.1. The molecule has 2 N–H and O–H groups in total. The molecule has 0 atom stereocenters. The number of carboxylic acid groups (broad SMARTS) is 1. The number of nitrogens with zero attached hydrogens (tertiary/aromatic N) is 1. The van der Waals surface area contributed by atoms with Crippen molar-refractivity contribution in [3.8, 4) is 0 Å². The van der Waals surface area contributed by atoms with Crippen LogP contribution in [0, 0.1) is 0 Å². The van der Waals surface area contributed by atoms with Crippen LogP contribution in [-0.2, 0) is 21.4 Å². The topological polar surface area (TPSA) is 94.9 Å². The predicted molar refractivity (Wildman–Crippen MR) is 98.5 cm³/mol. The van der Waals surface area contributed by atoms with E-state index in [-0.39, 0.29) is 19.6 Å². The number of carbonyl (C=O) groups is 1. The third kappa shape index (κ3) is 9.38. The molecular formula is C18H27NO5S. The molecule has 0 aromatic heterocycles. The van der Waals surface area contributed by atoms with Crippen LogP contribution in [0.5, 0.6) is 0 Å². The van der Waals surface area contributed by atoms with Gasteiger partial charge >= 0.3 is 5.97 Å². The largest absolute Gasteiger partial charge is 0.481 e. The van der Waals surface area contributed by atoms with Gasteiger partial charge in [-0.25, -0.2) is 8.42 Å². The standard InChI is InChI=1S/C18H27NO5S/c1-25(23,24)19(12-5-3-2-4-11-18(21)22)13-7-10-16-8-6-9-17(14-16)15-20/h6-10,14,20H,2-5,11-13,15H2,1H3,(H,21,22). The van der Waals surface area contributed by atoms with E-state index in [1.807, 2.05) is 30.3 Å². The van der Waals surface area contributed by atoms with E-state index in [1.165, 1.54) is 10.6 Å². The summed E-state index contributed by atoms with van der Waals surface area (Å²) in [5.74, 6) is -0.798. The lowest BCUT2D eigenvalue weighted by atomic mass is 10.1. The van der Waals surface area contributed by atoms with Crippen LogP contribution in [0.4, 0.5) is 0 Å². The lowest BCUT2D eigenvalue weighted by Gasteiger charge is -2.18. The van der Waals surface area contributed by atoms with Crippen molar-refractivity contribution in [1.29, 1.82) is 0 Å². The molecule has 0 spiro atoms. The first kappa shape index (κ1) is 21.3. The molecule has 6 nitrogen and oxygen atoms in total. The Morgan fingerprint density at radius 2 is 1.92 bits per heavy atom. The Balaban J connectivity index is 2.48. The molecule has 0 radical (unpaired) electrons. The number of aliphatic carboxylic acids is 1. The first-order chi connectivity index (χ1) is 11.8. The summed E-state index contributed by atoms with van der Waals surface area (Å²) in [7, 11) is -3.29. The van der Waals surface area contributed by atoms with E-state index in [1.54, 1.807) is 6.08 Å². The molecule has 1 aromatic carbocycles. The number of unbranched alkanes of at least 4 members (excludes halogenated alkanes) is 3. The highest BCUT2D eigenvalue weighted by Gasteiger charge is 2.14. The Hall–Kier alpha value is -1.70. The molecule has 25 heavy (non-hydrogen) atoms. The van der Waals surface area contributed by atoms with Gasteiger partial charge in [0, 0.05) is 19.5 Å². The molecule has 7 heteroatoms. The fourth-order valence-corrected chi connectivity index (χ4v) is 3.23.